The number of hydrogen-bond donors (Lipinski definition) is 2. The highest BCUT2D eigenvalue weighted by atomic mass is 35.5. The van der Waals surface area contributed by atoms with Gasteiger partial charge in [0.05, 0.1) is 7.11 Å². The van der Waals surface area contributed by atoms with Crippen LogP contribution in [0.3, 0.4) is 0 Å². The normalized spacial score (nSPS) is 10.8. The van der Waals surface area contributed by atoms with Crippen molar-refractivity contribution in [2.45, 2.75) is 13.5 Å². The van der Waals surface area contributed by atoms with Crippen LogP contribution in [0, 0.1) is 6.92 Å². The Morgan fingerprint density at radius 1 is 0.968 bits per heavy atom. The highest BCUT2D eigenvalue weighted by molar-refractivity contribution is 6.35. The number of nitrogens with zero attached hydrogens (tertiary/aromatic N) is 1. The Bertz CT molecular complexity index is 1220. The molecule has 4 aromatic rings. The second kappa shape index (κ2) is 8.92. The van der Waals surface area contributed by atoms with E-state index in [1.54, 1.807) is 37.4 Å². The molecule has 0 amide bonds. The van der Waals surface area contributed by atoms with Gasteiger partial charge in [-0.3, -0.25) is 5.10 Å². The molecule has 0 atom stereocenters. The van der Waals surface area contributed by atoms with E-state index in [0.717, 1.165) is 28.1 Å². The average molecular weight is 455 g/mol. The first-order valence-electron chi connectivity index (χ1n) is 9.55. The Morgan fingerprint density at radius 2 is 1.71 bits per heavy atom. The summed E-state index contributed by atoms with van der Waals surface area (Å²) < 4.78 is 11.0. The maximum absolute atomic E-state index is 10.7. The van der Waals surface area contributed by atoms with Gasteiger partial charge in [0.25, 0.3) is 0 Å². The van der Waals surface area contributed by atoms with E-state index in [9.17, 15) is 5.11 Å². The van der Waals surface area contributed by atoms with Gasteiger partial charge in [-0.1, -0.05) is 41.4 Å². The van der Waals surface area contributed by atoms with Gasteiger partial charge in [0.15, 0.2) is 0 Å². The topological polar surface area (TPSA) is 67.4 Å². The maximum atomic E-state index is 10.7. The van der Waals surface area contributed by atoms with Gasteiger partial charge < -0.3 is 14.6 Å². The van der Waals surface area contributed by atoms with Crippen LogP contribution >= 0.6 is 23.2 Å². The predicted octanol–water partition coefficient (Wildman–Crippen LogP) is 6.65. The zero-order chi connectivity index (χ0) is 22.0. The second-order valence-electron chi connectivity index (χ2n) is 7.00. The highest BCUT2D eigenvalue weighted by Crippen LogP contribution is 2.39. The van der Waals surface area contributed by atoms with Crippen molar-refractivity contribution in [3.05, 3.63) is 82.0 Å². The number of phenols is 1. The minimum atomic E-state index is 0.0703. The number of aryl methyl sites for hydroxylation is 1. The molecule has 3 aromatic carbocycles. The summed E-state index contributed by atoms with van der Waals surface area (Å²) in [5.74, 6) is 1.36. The van der Waals surface area contributed by atoms with Gasteiger partial charge in [0.1, 0.15) is 29.5 Å². The summed E-state index contributed by atoms with van der Waals surface area (Å²) in [5, 5.41) is 19.2. The van der Waals surface area contributed by atoms with Crippen molar-refractivity contribution in [3.63, 3.8) is 0 Å². The molecule has 158 valence electrons. The molecule has 5 nitrogen and oxygen atoms in total. The largest absolute Gasteiger partial charge is 0.507 e. The molecule has 2 N–H and O–H groups in total. The van der Waals surface area contributed by atoms with Crippen LogP contribution in [-0.4, -0.2) is 22.4 Å². The van der Waals surface area contributed by atoms with Crippen molar-refractivity contribution in [1.29, 1.82) is 0 Å². The zero-order valence-electron chi connectivity index (χ0n) is 16.9. The minimum Gasteiger partial charge on any atom is -0.507 e. The van der Waals surface area contributed by atoms with E-state index < -0.39 is 0 Å². The maximum Gasteiger partial charge on any atom is 0.128 e. The summed E-state index contributed by atoms with van der Waals surface area (Å²) in [7, 11) is 1.63. The predicted molar refractivity (Wildman–Crippen MR) is 123 cm³/mol. The van der Waals surface area contributed by atoms with Crippen molar-refractivity contribution in [1.82, 2.24) is 10.2 Å². The number of benzene rings is 3. The lowest BCUT2D eigenvalue weighted by atomic mass is 9.98. The van der Waals surface area contributed by atoms with Crippen LogP contribution in [0.15, 0.2) is 60.7 Å². The van der Waals surface area contributed by atoms with Crippen LogP contribution in [0.2, 0.25) is 10.0 Å². The molecular formula is C24H20Cl2N2O3. The fourth-order valence-corrected chi connectivity index (χ4v) is 3.80. The van der Waals surface area contributed by atoms with Crippen molar-refractivity contribution in [2.75, 3.05) is 7.11 Å². The van der Waals surface area contributed by atoms with Gasteiger partial charge in [-0.2, -0.15) is 5.10 Å². The highest BCUT2D eigenvalue weighted by Gasteiger charge is 2.18. The average Bonchev–Trinajstić information content (AvgIpc) is 3.14. The Balaban J connectivity index is 1.60. The molecule has 31 heavy (non-hydrogen) atoms. The monoisotopic (exact) mass is 454 g/mol. The van der Waals surface area contributed by atoms with Crippen molar-refractivity contribution in [2.24, 2.45) is 0 Å². The Kier molecular flexibility index (Phi) is 6.07. The van der Waals surface area contributed by atoms with Crippen molar-refractivity contribution < 1.29 is 14.6 Å². The van der Waals surface area contributed by atoms with Crippen LogP contribution in [0.1, 0.15) is 11.3 Å². The molecule has 1 heterocycles. The molecule has 4 rings (SSSR count). The second-order valence-corrected chi connectivity index (χ2v) is 7.85. The number of ether oxygens (including phenoxy) is 2. The first kappa shape index (κ1) is 21.1. The molecule has 0 saturated carbocycles. The van der Waals surface area contributed by atoms with E-state index in [4.69, 9.17) is 32.7 Å². The molecule has 1 aromatic heterocycles. The molecule has 0 aliphatic rings. The molecule has 0 radical (unpaired) electrons. The number of methoxy groups -OCH3 is 1. The van der Waals surface area contributed by atoms with E-state index in [0.29, 0.717) is 27.1 Å². The van der Waals surface area contributed by atoms with E-state index in [1.807, 2.05) is 37.3 Å². The van der Waals surface area contributed by atoms with Gasteiger partial charge in [-0.05, 0) is 48.9 Å². The van der Waals surface area contributed by atoms with E-state index in [1.165, 1.54) is 0 Å². The number of aromatic nitrogens is 2. The van der Waals surface area contributed by atoms with Crippen LogP contribution in [0.25, 0.3) is 22.4 Å². The fourth-order valence-electron chi connectivity index (χ4n) is 3.34. The first-order valence-corrected chi connectivity index (χ1v) is 10.3. The van der Waals surface area contributed by atoms with Gasteiger partial charge >= 0.3 is 0 Å². The minimum absolute atomic E-state index is 0.0703. The Labute approximate surface area is 190 Å². The van der Waals surface area contributed by atoms with Crippen LogP contribution in [0.4, 0.5) is 0 Å². The van der Waals surface area contributed by atoms with Gasteiger partial charge in [0, 0.05) is 38.5 Å². The number of H-pyrrole nitrogens is 1. The molecule has 0 aliphatic carbocycles. The lowest BCUT2D eigenvalue weighted by Gasteiger charge is -2.11. The summed E-state index contributed by atoms with van der Waals surface area (Å²) in [6, 6.07) is 18.1. The smallest absolute Gasteiger partial charge is 0.128 e. The Hall–Kier alpha value is -3.15. The number of phenolic OH excluding ortho intramolecular Hbond substituents is 1. The van der Waals surface area contributed by atoms with Gasteiger partial charge in [-0.25, -0.2) is 0 Å². The summed E-state index contributed by atoms with van der Waals surface area (Å²) in [6.07, 6.45) is 0. The summed E-state index contributed by atoms with van der Waals surface area (Å²) in [5.41, 5.74) is 4.86. The number of rotatable bonds is 6. The quantitative estimate of drug-likeness (QED) is 0.342. The molecular weight excluding hydrogens is 435 g/mol. The van der Waals surface area contributed by atoms with E-state index in [2.05, 4.69) is 10.2 Å². The molecule has 0 fully saturated rings. The standard InChI is InChI=1S/C24H20Cl2N2O3/c1-14-23(15-4-7-18(30-2)8-5-15)24(28-27-14)20-10-9-19(12-22(20)29)31-13-16-3-6-17(25)11-21(16)26/h3-12,29H,13H2,1-2H3,(H,27,28). The molecule has 0 saturated heterocycles. The van der Waals surface area contributed by atoms with Crippen LogP contribution in [-0.2, 0) is 6.61 Å². The molecule has 0 spiro atoms. The number of hydrogen-bond acceptors (Lipinski definition) is 4. The summed E-state index contributed by atoms with van der Waals surface area (Å²) >= 11 is 12.1. The molecule has 0 bridgehead atoms. The van der Waals surface area contributed by atoms with Crippen molar-refractivity contribution >= 4 is 23.2 Å². The van der Waals surface area contributed by atoms with E-state index in [-0.39, 0.29) is 12.4 Å². The fraction of sp³-hybridized carbons (Fsp3) is 0.125. The summed E-state index contributed by atoms with van der Waals surface area (Å²) in [4.78, 5) is 0. The number of nitrogens with one attached hydrogen (secondary N) is 1. The van der Waals surface area contributed by atoms with E-state index >= 15 is 0 Å². The number of aromatic amines is 1. The SMILES string of the molecule is COc1ccc(-c2c(-c3ccc(OCc4ccc(Cl)cc4Cl)cc3O)n[nH]c2C)cc1. The van der Waals surface area contributed by atoms with Crippen LogP contribution < -0.4 is 9.47 Å². The summed E-state index contributed by atoms with van der Waals surface area (Å²) in [6.45, 7) is 2.20. The van der Waals surface area contributed by atoms with Crippen LogP contribution in [0.5, 0.6) is 17.2 Å². The first-order chi connectivity index (χ1) is 15.0. The molecule has 0 unspecified atom stereocenters. The molecule has 0 aliphatic heterocycles. The lowest BCUT2D eigenvalue weighted by molar-refractivity contribution is 0.304. The Morgan fingerprint density at radius 3 is 2.39 bits per heavy atom. The van der Waals surface area contributed by atoms with Crippen molar-refractivity contribution in [3.8, 4) is 39.6 Å². The molecule has 7 heteroatoms. The zero-order valence-corrected chi connectivity index (χ0v) is 18.5. The number of aromatic hydroxyl groups is 1. The third-order valence-electron chi connectivity index (χ3n) is 4.96. The third kappa shape index (κ3) is 4.48. The third-order valence-corrected chi connectivity index (χ3v) is 5.55. The number of halogens is 2. The van der Waals surface area contributed by atoms with Gasteiger partial charge in [0.2, 0.25) is 0 Å². The van der Waals surface area contributed by atoms with Gasteiger partial charge in [-0.15, -0.1) is 0 Å². The lowest BCUT2D eigenvalue weighted by Crippen LogP contribution is -1.96.